The van der Waals surface area contributed by atoms with E-state index in [1.54, 1.807) is 17.8 Å². The molecule has 0 radical (unpaired) electrons. The van der Waals surface area contributed by atoms with Crippen LogP contribution in [0.25, 0.3) is 0 Å². The monoisotopic (exact) mass is 312 g/mol. The number of hydrogen-bond acceptors (Lipinski definition) is 3. The molecule has 22 heavy (non-hydrogen) atoms. The molecule has 2 nitrogen and oxygen atoms in total. The number of thioether (sulfide) groups is 1. The van der Waals surface area contributed by atoms with Crippen LogP contribution in [0.1, 0.15) is 22.3 Å². The van der Waals surface area contributed by atoms with E-state index in [0.29, 0.717) is 11.3 Å². The minimum atomic E-state index is 0.0223. The lowest BCUT2D eigenvalue weighted by Crippen LogP contribution is -1.98. The predicted molar refractivity (Wildman–Crippen MR) is 93.2 cm³/mol. The van der Waals surface area contributed by atoms with Crippen molar-refractivity contribution in [2.75, 3.05) is 12.4 Å². The molecule has 2 aromatic rings. The van der Waals surface area contributed by atoms with Gasteiger partial charge in [-0.15, -0.1) is 11.8 Å². The second-order valence-corrected chi connectivity index (χ2v) is 6.12. The summed E-state index contributed by atoms with van der Waals surface area (Å²) in [5, 5.41) is 9.02. The van der Waals surface area contributed by atoms with Gasteiger partial charge in [-0.2, -0.15) is 0 Å². The van der Waals surface area contributed by atoms with E-state index in [1.807, 2.05) is 48.5 Å². The average molecular weight is 312 g/mol. The summed E-state index contributed by atoms with van der Waals surface area (Å²) in [6, 6.07) is 19.5. The fraction of sp³-hybridized carbons (Fsp3) is 0.211. The number of aliphatic hydroxyl groups excluding tert-OH is 1. The van der Waals surface area contributed by atoms with Gasteiger partial charge in [0.2, 0.25) is 0 Å². The molecule has 0 unspecified atom stereocenters. The molecule has 0 spiro atoms. The lowest BCUT2D eigenvalue weighted by molar-refractivity contribution is 0.104. The van der Waals surface area contributed by atoms with Crippen LogP contribution < -0.4 is 0 Å². The van der Waals surface area contributed by atoms with Crippen molar-refractivity contribution < 1.29 is 9.90 Å². The maximum Gasteiger partial charge on any atom is 0.186 e. The molecule has 114 valence electrons. The summed E-state index contributed by atoms with van der Waals surface area (Å²) >= 11 is 1.55. The molecule has 1 N–H and O–H groups in total. The van der Waals surface area contributed by atoms with Gasteiger partial charge in [0.15, 0.2) is 5.78 Å². The zero-order valence-corrected chi connectivity index (χ0v) is 13.3. The highest BCUT2D eigenvalue weighted by atomic mass is 32.2. The summed E-state index contributed by atoms with van der Waals surface area (Å²) in [6.45, 7) is 0.118. The number of carbonyl (C=O) groups is 1. The molecular weight excluding hydrogens is 292 g/mol. The van der Waals surface area contributed by atoms with Crippen LogP contribution in [0.4, 0.5) is 0 Å². The van der Waals surface area contributed by atoms with E-state index in [1.165, 1.54) is 5.56 Å². The lowest BCUT2D eigenvalue weighted by Gasteiger charge is -2.07. The first-order chi connectivity index (χ1) is 10.8. The molecule has 0 amide bonds. The molecule has 0 aromatic heterocycles. The van der Waals surface area contributed by atoms with Gasteiger partial charge in [0, 0.05) is 11.3 Å². The summed E-state index contributed by atoms with van der Waals surface area (Å²) < 4.78 is 0. The van der Waals surface area contributed by atoms with Crippen molar-refractivity contribution in [1.29, 1.82) is 0 Å². The van der Waals surface area contributed by atoms with Crippen LogP contribution in [0.5, 0.6) is 0 Å². The summed E-state index contributed by atoms with van der Waals surface area (Å²) in [5.74, 6) is 0.636. The van der Waals surface area contributed by atoms with Crippen molar-refractivity contribution in [3.63, 3.8) is 0 Å². The molecule has 0 saturated heterocycles. The van der Waals surface area contributed by atoms with Gasteiger partial charge in [0.25, 0.3) is 0 Å². The Balaban J connectivity index is 2.04. The quantitative estimate of drug-likeness (QED) is 0.589. The molecule has 0 aliphatic heterocycles. The zero-order chi connectivity index (χ0) is 15.6. The second kappa shape index (κ2) is 9.23. The third-order valence-corrected chi connectivity index (χ3v) is 4.31. The fourth-order valence-electron chi connectivity index (χ4n) is 2.11. The summed E-state index contributed by atoms with van der Waals surface area (Å²) in [4.78, 5) is 13.3. The van der Waals surface area contributed by atoms with Crippen LogP contribution >= 0.6 is 11.8 Å². The van der Waals surface area contributed by atoms with Crippen molar-refractivity contribution in [2.24, 2.45) is 0 Å². The zero-order valence-electron chi connectivity index (χ0n) is 12.4. The number of aryl methyl sites for hydroxylation is 1. The van der Waals surface area contributed by atoms with Gasteiger partial charge in [-0.3, -0.25) is 4.79 Å². The average Bonchev–Trinajstić information content (AvgIpc) is 2.59. The van der Waals surface area contributed by atoms with Gasteiger partial charge in [-0.05, 0) is 29.4 Å². The summed E-state index contributed by atoms with van der Waals surface area (Å²) in [5.41, 5.74) is 1.95. The van der Waals surface area contributed by atoms with E-state index in [2.05, 4.69) is 12.1 Å². The SMILES string of the molecule is O=C(C=C(CCc1ccccc1)SCCO)c1ccccc1. The number of ketones is 1. The number of hydrogen-bond donors (Lipinski definition) is 1. The standard InChI is InChI=1S/C19H20O2S/c20-13-14-22-18(12-11-16-7-3-1-4-8-16)15-19(21)17-9-5-2-6-10-17/h1-10,15,20H,11-14H2. The molecule has 0 fully saturated rings. The molecule has 0 aliphatic rings. The highest BCUT2D eigenvalue weighted by Gasteiger charge is 2.06. The van der Waals surface area contributed by atoms with Crippen LogP contribution in [0.2, 0.25) is 0 Å². The smallest absolute Gasteiger partial charge is 0.186 e. The molecule has 0 bridgehead atoms. The Morgan fingerprint density at radius 2 is 1.64 bits per heavy atom. The topological polar surface area (TPSA) is 37.3 Å². The first-order valence-electron chi connectivity index (χ1n) is 7.37. The number of benzene rings is 2. The minimum Gasteiger partial charge on any atom is -0.396 e. The molecule has 2 rings (SSSR count). The van der Waals surface area contributed by atoms with Crippen molar-refractivity contribution in [3.05, 3.63) is 82.8 Å². The first kappa shape index (κ1) is 16.5. The third kappa shape index (κ3) is 5.51. The lowest BCUT2D eigenvalue weighted by atomic mass is 10.1. The van der Waals surface area contributed by atoms with Gasteiger partial charge < -0.3 is 5.11 Å². The highest BCUT2D eigenvalue weighted by Crippen LogP contribution is 2.22. The Morgan fingerprint density at radius 1 is 1.00 bits per heavy atom. The molecule has 3 heteroatoms. The van der Waals surface area contributed by atoms with Crippen LogP contribution in [-0.4, -0.2) is 23.2 Å². The molecular formula is C19H20O2S. The van der Waals surface area contributed by atoms with E-state index in [9.17, 15) is 4.79 Å². The van der Waals surface area contributed by atoms with E-state index >= 15 is 0 Å². The fourth-order valence-corrected chi connectivity index (χ4v) is 2.90. The maximum absolute atomic E-state index is 12.3. The van der Waals surface area contributed by atoms with Gasteiger partial charge in [-0.1, -0.05) is 60.7 Å². The van der Waals surface area contributed by atoms with E-state index in [-0.39, 0.29) is 12.4 Å². The largest absolute Gasteiger partial charge is 0.396 e. The maximum atomic E-state index is 12.3. The summed E-state index contributed by atoms with van der Waals surface area (Å²) in [7, 11) is 0. The molecule has 0 heterocycles. The second-order valence-electron chi connectivity index (χ2n) is 4.90. The first-order valence-corrected chi connectivity index (χ1v) is 8.35. The van der Waals surface area contributed by atoms with Gasteiger partial charge >= 0.3 is 0 Å². The minimum absolute atomic E-state index is 0.0223. The molecule has 0 atom stereocenters. The normalized spacial score (nSPS) is 11.4. The van der Waals surface area contributed by atoms with E-state index in [4.69, 9.17) is 5.11 Å². The van der Waals surface area contributed by atoms with E-state index < -0.39 is 0 Å². The Kier molecular flexibility index (Phi) is 6.94. The number of allylic oxidation sites excluding steroid dienone is 2. The highest BCUT2D eigenvalue weighted by molar-refractivity contribution is 8.03. The Morgan fingerprint density at radius 3 is 2.27 bits per heavy atom. The molecule has 0 saturated carbocycles. The predicted octanol–water partition coefficient (Wildman–Crippen LogP) is 4.11. The Labute approximate surface area is 135 Å². The van der Waals surface area contributed by atoms with Gasteiger partial charge in [-0.25, -0.2) is 0 Å². The van der Waals surface area contributed by atoms with Crippen LogP contribution in [0, 0.1) is 0 Å². The van der Waals surface area contributed by atoms with Gasteiger partial charge in [0.1, 0.15) is 0 Å². The number of carbonyl (C=O) groups excluding carboxylic acids is 1. The Bertz CT molecular complexity index is 606. The van der Waals surface area contributed by atoms with Crippen molar-refractivity contribution in [2.45, 2.75) is 12.8 Å². The van der Waals surface area contributed by atoms with Crippen molar-refractivity contribution in [3.8, 4) is 0 Å². The van der Waals surface area contributed by atoms with Crippen LogP contribution in [-0.2, 0) is 6.42 Å². The van der Waals surface area contributed by atoms with Crippen molar-refractivity contribution in [1.82, 2.24) is 0 Å². The summed E-state index contributed by atoms with van der Waals surface area (Å²) in [6.07, 6.45) is 3.42. The number of aliphatic hydroxyl groups is 1. The number of rotatable bonds is 8. The van der Waals surface area contributed by atoms with Gasteiger partial charge in [0.05, 0.1) is 6.61 Å². The van der Waals surface area contributed by atoms with Crippen LogP contribution in [0.3, 0.4) is 0 Å². The third-order valence-electron chi connectivity index (χ3n) is 3.23. The molecule has 2 aromatic carbocycles. The van der Waals surface area contributed by atoms with E-state index in [0.717, 1.165) is 17.7 Å². The van der Waals surface area contributed by atoms with Crippen molar-refractivity contribution >= 4 is 17.5 Å². The molecule has 0 aliphatic carbocycles. The van der Waals surface area contributed by atoms with Crippen LogP contribution in [0.15, 0.2) is 71.6 Å². The Hall–Kier alpha value is -1.84.